The predicted molar refractivity (Wildman–Crippen MR) is 101 cm³/mol. The van der Waals surface area contributed by atoms with Gasteiger partial charge in [0.1, 0.15) is 16.7 Å². The molecule has 5 heteroatoms. The van der Waals surface area contributed by atoms with Crippen LogP contribution >= 0.6 is 0 Å². The third kappa shape index (κ3) is 3.58. The number of hydrogen-bond acceptors (Lipinski definition) is 4. The van der Waals surface area contributed by atoms with E-state index in [1.807, 2.05) is 0 Å². The fraction of sp³-hybridized carbons (Fsp3) is 0.143. The number of hydrogen-bond donors (Lipinski definition) is 0. The quantitative estimate of drug-likeness (QED) is 0.652. The Morgan fingerprint density at radius 3 is 1.46 bits per heavy atom. The first-order valence-corrected chi connectivity index (χ1v) is 9.67. The Hall–Kier alpha value is -2.79. The molecule has 0 atom stereocenters. The van der Waals surface area contributed by atoms with Crippen molar-refractivity contribution in [2.24, 2.45) is 0 Å². The zero-order chi connectivity index (χ0) is 18.6. The average molecular weight is 368 g/mol. The molecule has 0 aliphatic carbocycles. The van der Waals surface area contributed by atoms with E-state index in [2.05, 4.69) is 0 Å². The minimum Gasteiger partial charge on any atom is -0.497 e. The molecule has 0 bridgehead atoms. The topological polar surface area (TPSA) is 52.6 Å². The van der Waals surface area contributed by atoms with E-state index in [0.29, 0.717) is 22.6 Å². The molecule has 3 aromatic carbocycles. The van der Waals surface area contributed by atoms with Crippen LogP contribution in [0.25, 0.3) is 0 Å². The van der Waals surface area contributed by atoms with Gasteiger partial charge in [-0.2, -0.15) is 0 Å². The van der Waals surface area contributed by atoms with Crippen molar-refractivity contribution in [1.29, 1.82) is 0 Å². The van der Waals surface area contributed by atoms with Crippen LogP contribution in [0, 0.1) is 0 Å². The highest BCUT2D eigenvalue weighted by Crippen LogP contribution is 2.36. The van der Waals surface area contributed by atoms with Crippen LogP contribution in [0.15, 0.2) is 83.8 Å². The van der Waals surface area contributed by atoms with Gasteiger partial charge in [-0.25, -0.2) is 8.42 Å². The zero-order valence-electron chi connectivity index (χ0n) is 14.6. The number of rotatable bonds is 6. The Balaban J connectivity index is 2.14. The molecule has 26 heavy (non-hydrogen) atoms. The summed E-state index contributed by atoms with van der Waals surface area (Å²) in [6, 6.07) is 22.7. The Labute approximate surface area is 153 Å². The third-order valence-electron chi connectivity index (χ3n) is 4.22. The maximum Gasteiger partial charge on any atom is 0.189 e. The van der Waals surface area contributed by atoms with Crippen LogP contribution < -0.4 is 9.47 Å². The molecule has 0 heterocycles. The lowest BCUT2D eigenvalue weighted by atomic mass is 10.0. The maximum atomic E-state index is 13.4. The second kappa shape index (κ2) is 7.62. The van der Waals surface area contributed by atoms with Gasteiger partial charge in [-0.3, -0.25) is 0 Å². The monoisotopic (exact) mass is 368 g/mol. The van der Waals surface area contributed by atoms with Gasteiger partial charge >= 0.3 is 0 Å². The first kappa shape index (κ1) is 18.0. The molecular weight excluding hydrogens is 348 g/mol. The highest BCUT2D eigenvalue weighted by Gasteiger charge is 2.30. The molecule has 0 amide bonds. The lowest BCUT2D eigenvalue weighted by molar-refractivity contribution is 0.414. The fourth-order valence-electron chi connectivity index (χ4n) is 2.85. The number of sulfone groups is 1. The van der Waals surface area contributed by atoms with Crippen LogP contribution in [0.5, 0.6) is 11.5 Å². The van der Waals surface area contributed by atoms with Crippen molar-refractivity contribution in [2.75, 3.05) is 14.2 Å². The summed E-state index contributed by atoms with van der Waals surface area (Å²) in [5.41, 5.74) is 1.36. The van der Waals surface area contributed by atoms with E-state index < -0.39 is 15.1 Å². The summed E-state index contributed by atoms with van der Waals surface area (Å²) in [7, 11) is -0.468. The predicted octanol–water partition coefficient (Wildman–Crippen LogP) is 4.27. The van der Waals surface area contributed by atoms with E-state index in [9.17, 15) is 8.42 Å². The van der Waals surface area contributed by atoms with E-state index >= 15 is 0 Å². The minimum absolute atomic E-state index is 0.289. The lowest BCUT2D eigenvalue weighted by Gasteiger charge is -2.19. The third-order valence-corrected chi connectivity index (χ3v) is 6.31. The number of benzene rings is 3. The summed E-state index contributed by atoms with van der Waals surface area (Å²) in [5, 5.41) is -0.818. The SMILES string of the molecule is COc1ccc(C(c2ccc(OC)cc2)S(=O)(=O)c2ccccc2)cc1. The van der Waals surface area contributed by atoms with Crippen LogP contribution in [0.1, 0.15) is 16.4 Å². The van der Waals surface area contributed by atoms with Crippen molar-refractivity contribution in [3.63, 3.8) is 0 Å². The summed E-state index contributed by atoms with van der Waals surface area (Å²) in [5.74, 6) is 1.36. The van der Waals surface area contributed by atoms with Gasteiger partial charge in [0.15, 0.2) is 9.84 Å². The Morgan fingerprint density at radius 1 is 0.654 bits per heavy atom. The van der Waals surface area contributed by atoms with Crippen LogP contribution in [0.3, 0.4) is 0 Å². The molecule has 0 N–H and O–H groups in total. The highest BCUT2D eigenvalue weighted by molar-refractivity contribution is 7.91. The second-order valence-electron chi connectivity index (χ2n) is 5.78. The molecule has 0 saturated heterocycles. The molecule has 0 aromatic heterocycles. The van der Waals surface area contributed by atoms with Crippen molar-refractivity contribution in [2.45, 2.75) is 10.1 Å². The van der Waals surface area contributed by atoms with Crippen molar-refractivity contribution in [3.8, 4) is 11.5 Å². The van der Waals surface area contributed by atoms with Crippen molar-refractivity contribution in [1.82, 2.24) is 0 Å². The second-order valence-corrected chi connectivity index (χ2v) is 7.82. The molecule has 3 rings (SSSR count). The van der Waals surface area contributed by atoms with E-state index in [1.54, 1.807) is 93.1 Å². The van der Waals surface area contributed by atoms with Gasteiger partial charge in [-0.15, -0.1) is 0 Å². The Bertz CT molecular complexity index is 900. The Morgan fingerprint density at radius 2 is 1.08 bits per heavy atom. The van der Waals surface area contributed by atoms with Gasteiger partial charge in [-0.1, -0.05) is 42.5 Å². The molecule has 4 nitrogen and oxygen atoms in total. The minimum atomic E-state index is -3.63. The molecular formula is C21H20O4S. The summed E-state index contributed by atoms with van der Waals surface area (Å²) in [4.78, 5) is 0.289. The average Bonchev–Trinajstić information content (AvgIpc) is 2.70. The fourth-order valence-corrected chi connectivity index (χ4v) is 4.69. The van der Waals surface area contributed by atoms with Crippen LogP contribution in [-0.4, -0.2) is 22.6 Å². The van der Waals surface area contributed by atoms with Crippen LogP contribution in [-0.2, 0) is 9.84 Å². The first-order chi connectivity index (χ1) is 12.6. The van der Waals surface area contributed by atoms with Crippen molar-refractivity contribution >= 4 is 9.84 Å². The molecule has 3 aromatic rings. The summed E-state index contributed by atoms with van der Waals surface area (Å²) in [6.07, 6.45) is 0. The smallest absolute Gasteiger partial charge is 0.189 e. The van der Waals surface area contributed by atoms with E-state index in [4.69, 9.17) is 9.47 Å². The molecule has 0 aliphatic heterocycles. The molecule has 134 valence electrons. The summed E-state index contributed by atoms with van der Waals surface area (Å²) in [6.45, 7) is 0. The molecule has 0 spiro atoms. The van der Waals surface area contributed by atoms with Crippen molar-refractivity contribution in [3.05, 3.63) is 90.0 Å². The maximum absolute atomic E-state index is 13.4. The number of ether oxygens (including phenoxy) is 2. The molecule has 0 radical (unpaired) electrons. The standard InChI is InChI=1S/C21H20O4S/c1-24-18-12-8-16(9-13-18)21(17-10-14-19(25-2)15-11-17)26(22,23)20-6-4-3-5-7-20/h3-15,21H,1-2H3. The number of methoxy groups -OCH3 is 2. The van der Waals surface area contributed by atoms with Gasteiger partial charge < -0.3 is 9.47 Å². The van der Waals surface area contributed by atoms with Gasteiger partial charge in [0.2, 0.25) is 0 Å². The largest absolute Gasteiger partial charge is 0.497 e. The van der Waals surface area contributed by atoms with Crippen molar-refractivity contribution < 1.29 is 17.9 Å². The summed E-state index contributed by atoms with van der Waals surface area (Å²) >= 11 is 0. The van der Waals surface area contributed by atoms with Gasteiger partial charge in [0, 0.05) is 0 Å². The van der Waals surface area contributed by atoms with E-state index in [-0.39, 0.29) is 4.90 Å². The first-order valence-electron chi connectivity index (χ1n) is 8.13. The lowest BCUT2D eigenvalue weighted by Crippen LogP contribution is -2.15. The Kier molecular flexibility index (Phi) is 5.28. The highest BCUT2D eigenvalue weighted by atomic mass is 32.2. The molecule has 0 unspecified atom stereocenters. The van der Waals surface area contributed by atoms with Gasteiger partial charge in [-0.05, 0) is 47.5 Å². The molecule has 0 saturated carbocycles. The normalized spacial score (nSPS) is 11.3. The zero-order valence-corrected chi connectivity index (χ0v) is 15.4. The molecule has 0 fully saturated rings. The van der Waals surface area contributed by atoms with E-state index in [1.165, 1.54) is 0 Å². The van der Waals surface area contributed by atoms with Crippen LogP contribution in [0.2, 0.25) is 0 Å². The summed E-state index contributed by atoms with van der Waals surface area (Å²) < 4.78 is 37.1. The van der Waals surface area contributed by atoms with Crippen LogP contribution in [0.4, 0.5) is 0 Å². The van der Waals surface area contributed by atoms with Gasteiger partial charge in [0.25, 0.3) is 0 Å². The van der Waals surface area contributed by atoms with Gasteiger partial charge in [0.05, 0.1) is 19.1 Å². The van der Waals surface area contributed by atoms with E-state index in [0.717, 1.165) is 0 Å². The molecule has 0 aliphatic rings.